The van der Waals surface area contributed by atoms with E-state index in [1.54, 1.807) is 0 Å². The first-order valence-electron chi connectivity index (χ1n) is 12.4. The van der Waals surface area contributed by atoms with Crippen LogP contribution in [0.4, 0.5) is 11.4 Å². The van der Waals surface area contributed by atoms with E-state index in [1.807, 2.05) is 0 Å². The quantitative estimate of drug-likeness (QED) is 0.259. The standard InChI is InChI=1S/C29H42N2OSeSi/c1-18(2)24-13-11-14-25(19(3)4)28(24)30-22(9)17-23(10)31(34(32)33)29-26(20(5)6)15-12-16-27(29)21(7)8/h11-21,32H,1-10H3/b23-17-,30-22?. The third-order valence-electron chi connectivity index (χ3n) is 6.16. The summed E-state index contributed by atoms with van der Waals surface area (Å²) in [6.45, 7) is 21.9. The Morgan fingerprint density at radius 3 is 1.53 bits per heavy atom. The first kappa shape index (κ1) is 28.4. The van der Waals surface area contributed by atoms with E-state index < -0.39 is 7.35 Å². The van der Waals surface area contributed by atoms with Gasteiger partial charge in [0, 0.05) is 0 Å². The Morgan fingerprint density at radius 2 is 1.18 bits per heavy atom. The zero-order valence-corrected chi connectivity index (χ0v) is 25.3. The zero-order valence-electron chi connectivity index (χ0n) is 22.6. The van der Waals surface area contributed by atoms with Crippen molar-refractivity contribution in [2.24, 2.45) is 4.99 Å². The number of hydrogen-bond donors (Lipinski definition) is 1. The molecule has 0 aliphatic heterocycles. The summed E-state index contributed by atoms with van der Waals surface area (Å²) >= 11 is 3.03. The van der Waals surface area contributed by atoms with Gasteiger partial charge >= 0.3 is 217 Å². The number of anilines is 1. The van der Waals surface area contributed by atoms with E-state index >= 15 is 0 Å². The van der Waals surface area contributed by atoms with Gasteiger partial charge in [0.2, 0.25) is 0 Å². The Bertz CT molecular complexity index is 1030. The summed E-state index contributed by atoms with van der Waals surface area (Å²) in [4.78, 5) is 16.1. The zero-order chi connectivity index (χ0) is 25.7. The molecule has 0 heterocycles. The van der Waals surface area contributed by atoms with Crippen LogP contribution in [0.15, 0.2) is 53.2 Å². The van der Waals surface area contributed by atoms with Crippen LogP contribution in [0.2, 0.25) is 0 Å². The number of aliphatic imine (C=N–C) groups is 1. The van der Waals surface area contributed by atoms with E-state index in [-0.39, 0.29) is 0 Å². The van der Waals surface area contributed by atoms with E-state index in [9.17, 15) is 4.80 Å². The van der Waals surface area contributed by atoms with Crippen LogP contribution in [-0.2, 0) is 0 Å². The van der Waals surface area contributed by atoms with Crippen molar-refractivity contribution in [1.82, 2.24) is 0 Å². The predicted molar refractivity (Wildman–Crippen MR) is 152 cm³/mol. The molecule has 5 heteroatoms. The molecule has 1 N–H and O–H groups in total. The molecule has 2 rings (SSSR count). The van der Waals surface area contributed by atoms with E-state index in [4.69, 9.17) is 4.99 Å². The van der Waals surface area contributed by atoms with Crippen LogP contribution in [0, 0.1) is 0 Å². The van der Waals surface area contributed by atoms with Crippen LogP contribution >= 0.6 is 0 Å². The van der Waals surface area contributed by atoms with Gasteiger partial charge in [-0.1, -0.05) is 0 Å². The average Bonchev–Trinajstić information content (AvgIpc) is 2.72. The molecule has 0 aliphatic rings. The summed E-state index contributed by atoms with van der Waals surface area (Å²) in [6, 6.07) is 13.0. The second-order valence-electron chi connectivity index (χ2n) is 10.3. The molecule has 0 radical (unpaired) electrons. The second kappa shape index (κ2) is 12.2. The number of benzene rings is 2. The Hall–Kier alpha value is -1.81. The summed E-state index contributed by atoms with van der Waals surface area (Å²) in [5, 5.41) is 0. The molecule has 0 saturated heterocycles. The Labute approximate surface area is 216 Å². The Kier molecular flexibility index (Phi) is 10.2. The van der Waals surface area contributed by atoms with Crippen LogP contribution in [0.25, 0.3) is 0 Å². The summed E-state index contributed by atoms with van der Waals surface area (Å²) < 4.78 is 2.12. The molecular weight excluding hydrogens is 499 g/mol. The molecule has 0 bridgehead atoms. The molecule has 0 atom stereocenters. The molecule has 34 heavy (non-hydrogen) atoms. The molecule has 0 fully saturated rings. The van der Waals surface area contributed by atoms with Gasteiger partial charge in [-0.2, -0.15) is 0 Å². The van der Waals surface area contributed by atoms with Gasteiger partial charge in [0.15, 0.2) is 0 Å². The minimum absolute atomic E-state index is 0.353. The minimum atomic E-state index is -1.91. The predicted octanol–water partition coefficient (Wildman–Crippen LogP) is 7.83. The number of hydrogen-bond acceptors (Lipinski definition) is 3. The van der Waals surface area contributed by atoms with Gasteiger partial charge in [0.05, 0.1) is 0 Å². The van der Waals surface area contributed by atoms with Crippen molar-refractivity contribution in [2.45, 2.75) is 92.9 Å². The summed E-state index contributed by atoms with van der Waals surface area (Å²) in [7, 11) is -1.91. The number of rotatable bonds is 9. The first-order valence-corrected chi connectivity index (χ1v) is 16.3. The first-order chi connectivity index (χ1) is 15.9. The summed E-state index contributed by atoms with van der Waals surface area (Å²) in [6.07, 6.45) is 2.11. The van der Waals surface area contributed by atoms with Crippen LogP contribution in [0.5, 0.6) is 0 Å². The van der Waals surface area contributed by atoms with Crippen molar-refractivity contribution in [3.05, 3.63) is 70.4 Å². The molecule has 0 unspecified atom stereocenters. The normalized spacial score (nSPS) is 12.9. The topological polar surface area (TPSA) is 35.8 Å². The molecule has 0 saturated carbocycles. The van der Waals surface area contributed by atoms with Gasteiger partial charge in [-0.05, 0) is 0 Å². The number of para-hydroxylation sites is 2. The van der Waals surface area contributed by atoms with Gasteiger partial charge < -0.3 is 0 Å². The van der Waals surface area contributed by atoms with Crippen molar-refractivity contribution in [3.63, 3.8) is 0 Å². The maximum atomic E-state index is 11.0. The monoisotopic (exact) mass is 542 g/mol. The Balaban J connectivity index is 2.68. The molecular formula is C29H42N2OSeSi. The van der Waals surface area contributed by atoms with Crippen molar-refractivity contribution in [3.8, 4) is 0 Å². The van der Waals surface area contributed by atoms with Gasteiger partial charge in [0.25, 0.3) is 0 Å². The third kappa shape index (κ3) is 6.65. The van der Waals surface area contributed by atoms with Gasteiger partial charge in [0.1, 0.15) is 0 Å². The van der Waals surface area contributed by atoms with E-state index in [0.717, 1.165) is 22.8 Å². The molecule has 0 spiro atoms. The fourth-order valence-corrected chi connectivity index (χ4v) is 6.71. The maximum absolute atomic E-state index is 11.0. The summed E-state index contributed by atoms with van der Waals surface area (Å²) in [5.41, 5.74) is 9.22. The van der Waals surface area contributed by atoms with Crippen molar-refractivity contribution in [1.29, 1.82) is 0 Å². The molecule has 184 valence electrons. The van der Waals surface area contributed by atoms with Crippen molar-refractivity contribution in [2.75, 3.05) is 4.57 Å². The van der Waals surface area contributed by atoms with Crippen molar-refractivity contribution >= 4 is 39.3 Å². The molecule has 0 aliphatic carbocycles. The molecule has 3 nitrogen and oxygen atoms in total. The van der Waals surface area contributed by atoms with Crippen LogP contribution in [0.1, 0.15) is 115 Å². The Morgan fingerprint density at radius 1 is 0.794 bits per heavy atom. The molecule has 0 amide bonds. The van der Waals surface area contributed by atoms with E-state index in [2.05, 4.69) is 131 Å². The number of nitrogens with zero attached hydrogens (tertiary/aromatic N) is 2. The van der Waals surface area contributed by atoms with Gasteiger partial charge in [-0.15, -0.1) is 0 Å². The van der Waals surface area contributed by atoms with Crippen LogP contribution in [-0.4, -0.2) is 32.7 Å². The third-order valence-corrected chi connectivity index (χ3v) is 8.27. The fraction of sp³-hybridized carbons (Fsp3) is 0.483. The molecule has 0 aromatic heterocycles. The van der Waals surface area contributed by atoms with E-state index in [0.29, 0.717) is 23.7 Å². The fourth-order valence-electron chi connectivity index (χ4n) is 4.41. The van der Waals surface area contributed by atoms with E-state index in [1.165, 1.54) is 22.3 Å². The summed E-state index contributed by atoms with van der Waals surface area (Å²) in [5.74, 6) is 1.50. The SMILES string of the molecule is CC(/C=C(/C)N(c1c(C(C)C)cccc1C(C)C)[Si](O)=[Se])=Nc1c(C(C)C)cccc1C(C)C. The second-order valence-corrected chi connectivity index (χ2v) is 13.7. The number of allylic oxidation sites excluding steroid dienone is 2. The average molecular weight is 542 g/mol. The molecule has 2 aromatic carbocycles. The van der Waals surface area contributed by atoms with Crippen LogP contribution < -0.4 is 4.57 Å². The van der Waals surface area contributed by atoms with Gasteiger partial charge in [-0.3, -0.25) is 0 Å². The van der Waals surface area contributed by atoms with Crippen molar-refractivity contribution < 1.29 is 4.80 Å². The van der Waals surface area contributed by atoms with Gasteiger partial charge in [-0.25, -0.2) is 0 Å². The van der Waals surface area contributed by atoms with Crippen LogP contribution in [0.3, 0.4) is 0 Å². The molecule has 2 aromatic rings.